The lowest BCUT2D eigenvalue weighted by atomic mass is 9.93. The van der Waals surface area contributed by atoms with Crippen molar-refractivity contribution in [2.75, 3.05) is 37.9 Å². The van der Waals surface area contributed by atoms with Gasteiger partial charge in [0.05, 0.1) is 5.39 Å². The SMILES string of the molecule is Cc1cc2c(NCC(C)(C)CN(C)C)nc(NN)nc2s1. The number of aryl methyl sites for hydroxylation is 1. The van der Waals surface area contributed by atoms with Crippen molar-refractivity contribution in [2.24, 2.45) is 11.3 Å². The van der Waals surface area contributed by atoms with Gasteiger partial charge in [0, 0.05) is 18.0 Å². The number of aromatic nitrogens is 2. The predicted octanol–water partition coefficient (Wildman–Crippen LogP) is 2.29. The number of hydrazine groups is 1. The van der Waals surface area contributed by atoms with E-state index in [1.807, 2.05) is 0 Å². The lowest BCUT2D eigenvalue weighted by Gasteiger charge is -2.28. The summed E-state index contributed by atoms with van der Waals surface area (Å²) >= 11 is 1.64. The quantitative estimate of drug-likeness (QED) is 0.561. The molecule has 2 aromatic heterocycles. The fourth-order valence-corrected chi connectivity index (χ4v) is 3.36. The average Bonchev–Trinajstić information content (AvgIpc) is 2.74. The molecule has 0 saturated carbocycles. The molecule has 0 amide bonds. The minimum Gasteiger partial charge on any atom is -0.369 e. The van der Waals surface area contributed by atoms with E-state index in [2.05, 4.69) is 66.5 Å². The van der Waals surface area contributed by atoms with E-state index in [9.17, 15) is 0 Å². The van der Waals surface area contributed by atoms with Crippen LogP contribution in [0.3, 0.4) is 0 Å². The molecule has 2 heterocycles. The highest BCUT2D eigenvalue weighted by atomic mass is 32.1. The van der Waals surface area contributed by atoms with Crippen LogP contribution in [0, 0.1) is 12.3 Å². The van der Waals surface area contributed by atoms with Crippen LogP contribution in [0.15, 0.2) is 6.07 Å². The van der Waals surface area contributed by atoms with Gasteiger partial charge in [-0.2, -0.15) is 4.98 Å². The molecule has 2 rings (SSSR count). The van der Waals surface area contributed by atoms with Gasteiger partial charge in [-0.15, -0.1) is 11.3 Å². The Bertz CT molecular complexity index is 619. The van der Waals surface area contributed by atoms with Gasteiger partial charge in [0.1, 0.15) is 10.6 Å². The second-order valence-corrected chi connectivity index (χ2v) is 7.61. The molecular weight excluding hydrogens is 284 g/mol. The lowest BCUT2D eigenvalue weighted by Crippen LogP contribution is -2.34. The maximum atomic E-state index is 5.46. The van der Waals surface area contributed by atoms with Gasteiger partial charge in [-0.05, 0) is 32.5 Å². The summed E-state index contributed by atoms with van der Waals surface area (Å²) in [5, 5.41) is 4.51. The van der Waals surface area contributed by atoms with Crippen LogP contribution in [0.25, 0.3) is 10.2 Å². The van der Waals surface area contributed by atoms with Crippen LogP contribution in [-0.2, 0) is 0 Å². The molecule has 21 heavy (non-hydrogen) atoms. The molecule has 2 aromatic rings. The smallest absolute Gasteiger partial charge is 0.240 e. The number of nitrogen functional groups attached to an aromatic ring is 1. The van der Waals surface area contributed by atoms with E-state index in [1.165, 1.54) is 4.88 Å². The zero-order chi connectivity index (χ0) is 15.6. The second kappa shape index (κ2) is 6.13. The lowest BCUT2D eigenvalue weighted by molar-refractivity contribution is 0.254. The van der Waals surface area contributed by atoms with E-state index in [0.717, 1.165) is 29.1 Å². The Morgan fingerprint density at radius 2 is 2.05 bits per heavy atom. The van der Waals surface area contributed by atoms with Crippen LogP contribution in [0.2, 0.25) is 0 Å². The van der Waals surface area contributed by atoms with Gasteiger partial charge in [-0.3, -0.25) is 5.43 Å². The Kier molecular flexibility index (Phi) is 4.65. The Hall–Kier alpha value is -1.44. The number of nitrogens with zero attached hydrogens (tertiary/aromatic N) is 3. The summed E-state index contributed by atoms with van der Waals surface area (Å²) in [6.45, 7) is 8.37. The van der Waals surface area contributed by atoms with Gasteiger partial charge in [-0.25, -0.2) is 10.8 Å². The second-order valence-electron chi connectivity index (χ2n) is 6.37. The van der Waals surface area contributed by atoms with Crippen molar-refractivity contribution in [3.05, 3.63) is 10.9 Å². The zero-order valence-electron chi connectivity index (χ0n) is 13.3. The molecule has 7 heteroatoms. The van der Waals surface area contributed by atoms with E-state index in [1.54, 1.807) is 11.3 Å². The van der Waals surface area contributed by atoms with Crippen molar-refractivity contribution < 1.29 is 0 Å². The van der Waals surface area contributed by atoms with Crippen molar-refractivity contribution in [3.63, 3.8) is 0 Å². The van der Waals surface area contributed by atoms with Gasteiger partial charge in [-0.1, -0.05) is 13.8 Å². The molecule has 0 aliphatic carbocycles. The molecule has 0 spiro atoms. The normalized spacial score (nSPS) is 12.1. The number of nitrogens with one attached hydrogen (secondary N) is 2. The maximum Gasteiger partial charge on any atom is 0.240 e. The van der Waals surface area contributed by atoms with Crippen molar-refractivity contribution in [3.8, 4) is 0 Å². The van der Waals surface area contributed by atoms with Crippen molar-refractivity contribution in [1.29, 1.82) is 0 Å². The van der Waals surface area contributed by atoms with Gasteiger partial charge < -0.3 is 10.2 Å². The first-order valence-electron chi connectivity index (χ1n) is 6.94. The zero-order valence-corrected chi connectivity index (χ0v) is 14.1. The number of anilines is 2. The van der Waals surface area contributed by atoms with Crippen LogP contribution in [-0.4, -0.2) is 42.1 Å². The Labute approximate surface area is 129 Å². The number of rotatable bonds is 6. The number of fused-ring (bicyclic) bond motifs is 1. The molecule has 0 aromatic carbocycles. The summed E-state index contributed by atoms with van der Waals surface area (Å²) in [5.41, 5.74) is 2.68. The highest BCUT2D eigenvalue weighted by molar-refractivity contribution is 7.18. The summed E-state index contributed by atoms with van der Waals surface area (Å²) in [4.78, 5) is 13.2. The largest absolute Gasteiger partial charge is 0.369 e. The van der Waals surface area contributed by atoms with E-state index < -0.39 is 0 Å². The minimum absolute atomic E-state index is 0.141. The molecule has 0 aliphatic rings. The highest BCUT2D eigenvalue weighted by Gasteiger charge is 2.20. The monoisotopic (exact) mass is 308 g/mol. The Balaban J connectivity index is 2.24. The van der Waals surface area contributed by atoms with Gasteiger partial charge in [0.25, 0.3) is 0 Å². The fourth-order valence-electron chi connectivity index (χ4n) is 2.48. The third-order valence-corrected chi connectivity index (χ3v) is 4.07. The van der Waals surface area contributed by atoms with E-state index in [4.69, 9.17) is 5.84 Å². The van der Waals surface area contributed by atoms with E-state index in [-0.39, 0.29) is 5.41 Å². The summed E-state index contributed by atoms with van der Waals surface area (Å²) in [6, 6.07) is 2.11. The number of nitrogens with two attached hydrogens (primary N) is 1. The topological polar surface area (TPSA) is 79.1 Å². The van der Waals surface area contributed by atoms with Crippen LogP contribution in [0.4, 0.5) is 11.8 Å². The molecule has 0 radical (unpaired) electrons. The van der Waals surface area contributed by atoms with Crippen LogP contribution in [0.1, 0.15) is 18.7 Å². The number of thiophene rings is 1. The summed E-state index contributed by atoms with van der Waals surface area (Å²) < 4.78 is 0. The fraction of sp³-hybridized carbons (Fsp3) is 0.571. The van der Waals surface area contributed by atoms with Crippen LogP contribution < -0.4 is 16.6 Å². The first-order valence-corrected chi connectivity index (χ1v) is 7.76. The standard InChI is InChI=1S/C14H24N6S/c1-9-6-10-11(16-7-14(2,3)8-20(4)5)17-13(19-15)18-12(10)21-9/h6H,7-8,15H2,1-5H3,(H2,16,17,18,19). The molecular formula is C14H24N6S. The van der Waals surface area contributed by atoms with Crippen molar-refractivity contribution >= 4 is 33.3 Å². The third kappa shape index (κ3) is 4.03. The van der Waals surface area contributed by atoms with Crippen LogP contribution in [0.5, 0.6) is 0 Å². The van der Waals surface area contributed by atoms with Crippen molar-refractivity contribution in [1.82, 2.24) is 14.9 Å². The first kappa shape index (κ1) is 15.9. The summed E-state index contributed by atoms with van der Waals surface area (Å²) in [7, 11) is 4.17. The summed E-state index contributed by atoms with van der Waals surface area (Å²) in [6.07, 6.45) is 0. The van der Waals surface area contributed by atoms with Gasteiger partial charge in [0.2, 0.25) is 5.95 Å². The molecule has 0 unspecified atom stereocenters. The highest BCUT2D eigenvalue weighted by Crippen LogP contribution is 2.30. The molecule has 116 valence electrons. The van der Waals surface area contributed by atoms with Gasteiger partial charge in [0.15, 0.2) is 0 Å². The van der Waals surface area contributed by atoms with E-state index >= 15 is 0 Å². The predicted molar refractivity (Wildman–Crippen MR) is 90.8 cm³/mol. The molecule has 0 atom stereocenters. The summed E-state index contributed by atoms with van der Waals surface area (Å²) in [5.74, 6) is 6.74. The molecule has 0 bridgehead atoms. The number of hydrogen-bond donors (Lipinski definition) is 3. The van der Waals surface area contributed by atoms with Crippen molar-refractivity contribution in [2.45, 2.75) is 20.8 Å². The maximum absolute atomic E-state index is 5.46. The van der Waals surface area contributed by atoms with Crippen LogP contribution >= 0.6 is 11.3 Å². The Morgan fingerprint density at radius 3 is 2.67 bits per heavy atom. The molecule has 0 saturated heterocycles. The Morgan fingerprint density at radius 1 is 1.33 bits per heavy atom. The first-order chi connectivity index (χ1) is 9.80. The van der Waals surface area contributed by atoms with Gasteiger partial charge >= 0.3 is 0 Å². The minimum atomic E-state index is 0.141. The molecule has 0 fully saturated rings. The molecule has 6 nitrogen and oxygen atoms in total. The van der Waals surface area contributed by atoms with E-state index in [0.29, 0.717) is 5.95 Å². The molecule has 4 N–H and O–H groups in total. The average molecular weight is 308 g/mol. The molecule has 0 aliphatic heterocycles. The number of hydrogen-bond acceptors (Lipinski definition) is 7. The third-order valence-electron chi connectivity index (χ3n) is 3.12.